The van der Waals surface area contributed by atoms with Crippen LogP contribution in [-0.2, 0) is 9.47 Å². The lowest BCUT2D eigenvalue weighted by Crippen LogP contribution is -2.38. The predicted molar refractivity (Wildman–Crippen MR) is 122 cm³/mol. The van der Waals surface area contributed by atoms with Gasteiger partial charge in [-0.2, -0.15) is 0 Å². The summed E-state index contributed by atoms with van der Waals surface area (Å²) in [5.41, 5.74) is 2.00. The highest BCUT2D eigenvalue weighted by atomic mass is 32.1. The number of methoxy groups -OCH3 is 1. The van der Waals surface area contributed by atoms with Crippen LogP contribution >= 0.6 is 12.2 Å². The summed E-state index contributed by atoms with van der Waals surface area (Å²) in [6.45, 7) is 4.02. The summed E-state index contributed by atoms with van der Waals surface area (Å²) in [7, 11) is 1.29. The van der Waals surface area contributed by atoms with Crippen molar-refractivity contribution in [2.75, 3.05) is 43.6 Å². The predicted octanol–water partition coefficient (Wildman–Crippen LogP) is 2.65. The Kier molecular flexibility index (Phi) is 7.33. The number of carbonyl (C=O) groups excluding carboxylic acids is 2. The quantitative estimate of drug-likeness (QED) is 0.301. The molecule has 0 aliphatic carbocycles. The van der Waals surface area contributed by atoms with E-state index in [4.69, 9.17) is 21.7 Å². The van der Waals surface area contributed by atoms with E-state index in [1.165, 1.54) is 25.3 Å². The highest BCUT2D eigenvalue weighted by Gasteiger charge is 2.19. The molecule has 1 aliphatic heterocycles. The second-order valence-electron chi connectivity index (χ2n) is 6.99. The van der Waals surface area contributed by atoms with Gasteiger partial charge in [-0.25, -0.2) is 4.79 Å². The highest BCUT2D eigenvalue weighted by molar-refractivity contribution is 7.80. The molecule has 1 aliphatic rings. The van der Waals surface area contributed by atoms with Crippen molar-refractivity contribution in [2.24, 2.45) is 0 Å². The summed E-state index contributed by atoms with van der Waals surface area (Å²) in [6.07, 6.45) is 0. The van der Waals surface area contributed by atoms with Gasteiger partial charge in [0.25, 0.3) is 11.6 Å². The van der Waals surface area contributed by atoms with Crippen LogP contribution in [0, 0.1) is 17.0 Å². The highest BCUT2D eigenvalue weighted by Crippen LogP contribution is 2.28. The molecule has 2 aromatic carbocycles. The normalized spacial score (nSPS) is 13.2. The third-order valence-corrected chi connectivity index (χ3v) is 5.12. The van der Waals surface area contributed by atoms with Crippen LogP contribution in [0.25, 0.3) is 0 Å². The summed E-state index contributed by atoms with van der Waals surface area (Å²) in [5.74, 6) is -1.11. The number of thiocarbonyl (C=S) groups is 1. The number of nitrogens with zero attached hydrogens (tertiary/aromatic N) is 2. The molecule has 32 heavy (non-hydrogen) atoms. The number of nitro groups is 1. The van der Waals surface area contributed by atoms with Crippen molar-refractivity contribution >= 4 is 46.3 Å². The molecule has 2 aromatic rings. The molecule has 0 bridgehead atoms. The lowest BCUT2D eigenvalue weighted by Gasteiger charge is -2.31. The van der Waals surface area contributed by atoms with Gasteiger partial charge in [0.15, 0.2) is 5.11 Å². The molecule has 0 radical (unpaired) electrons. The molecular weight excluding hydrogens is 436 g/mol. The SMILES string of the molecule is COC(=O)c1ccc(N2CCOCC2)c(NC(=S)NC(=O)c2ccc(C)c([N+](=O)[O-])c2)c1. The zero-order chi connectivity index (χ0) is 23.3. The molecule has 10 nitrogen and oxygen atoms in total. The number of ether oxygens (including phenoxy) is 2. The van der Waals surface area contributed by atoms with E-state index in [1.54, 1.807) is 25.1 Å². The number of rotatable bonds is 5. The molecule has 2 N–H and O–H groups in total. The van der Waals surface area contributed by atoms with Gasteiger partial charge in [-0.15, -0.1) is 0 Å². The van der Waals surface area contributed by atoms with Crippen molar-refractivity contribution in [3.63, 3.8) is 0 Å². The Balaban J connectivity index is 1.81. The fourth-order valence-corrected chi connectivity index (χ4v) is 3.44. The van der Waals surface area contributed by atoms with Gasteiger partial charge < -0.3 is 19.7 Å². The summed E-state index contributed by atoms with van der Waals surface area (Å²) in [5, 5.41) is 16.6. The molecule has 0 aromatic heterocycles. The fourth-order valence-electron chi connectivity index (χ4n) is 3.24. The third kappa shape index (κ3) is 5.37. The molecule has 1 heterocycles. The number of nitrogens with one attached hydrogen (secondary N) is 2. The molecule has 168 valence electrons. The van der Waals surface area contributed by atoms with Crippen molar-refractivity contribution in [1.29, 1.82) is 0 Å². The first-order valence-electron chi connectivity index (χ1n) is 9.72. The van der Waals surface area contributed by atoms with Crippen LogP contribution in [-0.4, -0.2) is 55.3 Å². The summed E-state index contributed by atoms with van der Waals surface area (Å²) >= 11 is 5.28. The topological polar surface area (TPSA) is 123 Å². The minimum absolute atomic E-state index is 0.0187. The first-order valence-corrected chi connectivity index (χ1v) is 10.1. The van der Waals surface area contributed by atoms with Gasteiger partial charge >= 0.3 is 5.97 Å². The van der Waals surface area contributed by atoms with Crippen molar-refractivity contribution in [3.8, 4) is 0 Å². The standard InChI is InChI=1S/C21H22N4O6S/c1-13-3-4-14(12-18(13)25(28)29)19(26)23-21(32)22-16-11-15(20(27)30-2)5-6-17(16)24-7-9-31-10-8-24/h3-6,11-12H,7-10H2,1-2H3,(H2,22,23,26,32). The molecule has 1 amide bonds. The maximum atomic E-state index is 12.6. The van der Waals surface area contributed by atoms with Gasteiger partial charge in [0.2, 0.25) is 0 Å². The zero-order valence-corrected chi connectivity index (χ0v) is 18.4. The second kappa shape index (κ2) is 10.2. The zero-order valence-electron chi connectivity index (χ0n) is 17.5. The van der Waals surface area contributed by atoms with Gasteiger partial charge in [-0.05, 0) is 43.4 Å². The number of carbonyl (C=O) groups is 2. The van der Waals surface area contributed by atoms with E-state index in [0.29, 0.717) is 43.1 Å². The third-order valence-electron chi connectivity index (χ3n) is 4.91. The fraction of sp³-hybridized carbons (Fsp3) is 0.286. The Labute approximate surface area is 189 Å². The minimum atomic E-state index is -0.595. The number of esters is 1. The molecular formula is C21H22N4O6S. The lowest BCUT2D eigenvalue weighted by molar-refractivity contribution is -0.385. The van der Waals surface area contributed by atoms with Gasteiger partial charge in [0, 0.05) is 30.3 Å². The van der Waals surface area contributed by atoms with Gasteiger partial charge in [0.05, 0.1) is 42.2 Å². The number of morpholine rings is 1. The maximum absolute atomic E-state index is 12.6. The maximum Gasteiger partial charge on any atom is 0.337 e. The second-order valence-corrected chi connectivity index (χ2v) is 7.40. The molecule has 11 heteroatoms. The largest absolute Gasteiger partial charge is 0.465 e. The van der Waals surface area contributed by atoms with Crippen LogP contribution in [0.15, 0.2) is 36.4 Å². The number of hydrogen-bond acceptors (Lipinski definition) is 8. The van der Waals surface area contributed by atoms with Crippen molar-refractivity contribution in [1.82, 2.24) is 5.32 Å². The molecule has 0 saturated carbocycles. The monoisotopic (exact) mass is 458 g/mol. The average molecular weight is 458 g/mol. The Morgan fingerprint density at radius 2 is 1.84 bits per heavy atom. The average Bonchev–Trinajstić information content (AvgIpc) is 2.79. The summed E-state index contributed by atoms with van der Waals surface area (Å²) in [6, 6.07) is 9.19. The number of anilines is 2. The Hall–Kier alpha value is -3.57. The van der Waals surface area contributed by atoms with Crippen LogP contribution in [0.3, 0.4) is 0 Å². The number of benzene rings is 2. The van der Waals surface area contributed by atoms with Gasteiger partial charge in [-0.1, -0.05) is 6.07 Å². The molecule has 0 atom stereocenters. The van der Waals surface area contributed by atoms with E-state index in [0.717, 1.165) is 5.69 Å². The van der Waals surface area contributed by atoms with E-state index < -0.39 is 16.8 Å². The molecule has 3 rings (SSSR count). The molecule has 1 saturated heterocycles. The summed E-state index contributed by atoms with van der Waals surface area (Å²) < 4.78 is 10.2. The van der Waals surface area contributed by atoms with E-state index in [2.05, 4.69) is 15.5 Å². The molecule has 1 fully saturated rings. The lowest BCUT2D eigenvalue weighted by atomic mass is 10.1. The number of hydrogen-bond donors (Lipinski definition) is 2. The minimum Gasteiger partial charge on any atom is -0.465 e. The summed E-state index contributed by atoms with van der Waals surface area (Å²) in [4.78, 5) is 37.2. The van der Waals surface area contributed by atoms with Gasteiger partial charge in [0.1, 0.15) is 0 Å². The molecule has 0 spiro atoms. The Morgan fingerprint density at radius 1 is 1.16 bits per heavy atom. The van der Waals surface area contributed by atoms with Crippen molar-refractivity contribution in [2.45, 2.75) is 6.92 Å². The first kappa shape index (κ1) is 23.1. The van der Waals surface area contributed by atoms with E-state index in [9.17, 15) is 19.7 Å². The molecule has 0 unspecified atom stereocenters. The number of aryl methyl sites for hydroxylation is 1. The van der Waals surface area contributed by atoms with Crippen LogP contribution in [0.2, 0.25) is 0 Å². The van der Waals surface area contributed by atoms with E-state index in [1.807, 2.05) is 0 Å². The number of nitro benzene ring substituents is 1. The smallest absolute Gasteiger partial charge is 0.337 e. The van der Waals surface area contributed by atoms with Crippen LogP contribution in [0.1, 0.15) is 26.3 Å². The Morgan fingerprint density at radius 3 is 2.50 bits per heavy atom. The van der Waals surface area contributed by atoms with Crippen LogP contribution < -0.4 is 15.5 Å². The van der Waals surface area contributed by atoms with Crippen LogP contribution in [0.5, 0.6) is 0 Å². The first-order chi connectivity index (χ1) is 15.3. The van der Waals surface area contributed by atoms with E-state index in [-0.39, 0.29) is 16.4 Å². The van der Waals surface area contributed by atoms with E-state index >= 15 is 0 Å². The van der Waals surface area contributed by atoms with Crippen molar-refractivity contribution < 1.29 is 24.0 Å². The van der Waals surface area contributed by atoms with Crippen molar-refractivity contribution in [3.05, 3.63) is 63.2 Å². The van der Waals surface area contributed by atoms with Crippen LogP contribution in [0.4, 0.5) is 17.1 Å². The Bertz CT molecular complexity index is 1070. The number of amides is 1. The van der Waals surface area contributed by atoms with Gasteiger partial charge in [-0.3, -0.25) is 20.2 Å².